The molecule has 0 aliphatic rings. The summed E-state index contributed by atoms with van der Waals surface area (Å²) in [5, 5.41) is 3.09. The number of pyridine rings is 1. The molecule has 0 aliphatic heterocycles. The van der Waals surface area contributed by atoms with Crippen LogP contribution in [0.5, 0.6) is 0 Å². The van der Waals surface area contributed by atoms with E-state index in [9.17, 15) is 4.79 Å². The zero-order valence-corrected chi connectivity index (χ0v) is 17.4. The molecule has 0 saturated carbocycles. The van der Waals surface area contributed by atoms with Crippen molar-refractivity contribution in [2.24, 2.45) is 5.73 Å². The number of hydrogen-bond donors (Lipinski definition) is 2. The number of imidazole rings is 1. The van der Waals surface area contributed by atoms with Crippen LogP contribution in [0.3, 0.4) is 0 Å². The minimum Gasteiger partial charge on any atom is -0.349 e. The highest BCUT2D eigenvalue weighted by Gasteiger charge is 2.25. The first-order valence-electron chi connectivity index (χ1n) is 8.05. The summed E-state index contributed by atoms with van der Waals surface area (Å²) in [5.41, 5.74) is 8.68. The smallest absolute Gasteiger partial charge is 0.230 e. The minimum absolute atomic E-state index is 0. The highest BCUT2D eigenvalue weighted by molar-refractivity contribution is 7.99. The van der Waals surface area contributed by atoms with Gasteiger partial charge in [0.2, 0.25) is 5.91 Å². The molecule has 0 aromatic carbocycles. The maximum Gasteiger partial charge on any atom is 0.230 e. The van der Waals surface area contributed by atoms with Gasteiger partial charge in [-0.05, 0) is 31.4 Å². The fourth-order valence-corrected chi connectivity index (χ4v) is 3.28. The zero-order valence-electron chi connectivity index (χ0n) is 14.9. The summed E-state index contributed by atoms with van der Waals surface area (Å²) in [6.07, 6.45) is 5.78. The number of aromatic nitrogens is 2. The molecule has 2 rings (SSSR count). The number of nitrogens with zero attached hydrogens (tertiary/aromatic N) is 2. The maximum absolute atomic E-state index is 12.1. The predicted molar refractivity (Wildman–Crippen MR) is 111 cm³/mol. The fraction of sp³-hybridized carbons (Fsp3) is 0.529. The largest absolute Gasteiger partial charge is 0.349 e. The molecule has 0 atom stereocenters. The van der Waals surface area contributed by atoms with Crippen molar-refractivity contribution in [1.82, 2.24) is 14.7 Å². The van der Waals surface area contributed by atoms with E-state index < -0.39 is 0 Å². The van der Waals surface area contributed by atoms with Crippen LogP contribution >= 0.6 is 36.6 Å². The highest BCUT2D eigenvalue weighted by Crippen LogP contribution is 2.16. The number of aryl methyl sites for hydroxylation is 1. The maximum atomic E-state index is 12.1. The predicted octanol–water partition coefficient (Wildman–Crippen LogP) is 3.35. The summed E-state index contributed by atoms with van der Waals surface area (Å²) in [7, 11) is 0. The normalized spacial score (nSPS) is 10.9. The summed E-state index contributed by atoms with van der Waals surface area (Å²) in [6, 6.07) is 4.06. The van der Waals surface area contributed by atoms with Crippen molar-refractivity contribution < 1.29 is 4.79 Å². The number of halogens is 2. The second-order valence-electron chi connectivity index (χ2n) is 5.94. The third-order valence-electron chi connectivity index (χ3n) is 4.28. The molecule has 0 aliphatic carbocycles. The van der Waals surface area contributed by atoms with Crippen LogP contribution in [0, 0.1) is 6.92 Å². The van der Waals surface area contributed by atoms with E-state index in [1.54, 1.807) is 11.8 Å². The third kappa shape index (κ3) is 6.37. The van der Waals surface area contributed by atoms with E-state index in [4.69, 9.17) is 5.73 Å². The SMILES string of the molecule is CCC(CC)(CN)NC(=O)CSCc1cn2cc(C)ccc2n1.Cl.Cl. The van der Waals surface area contributed by atoms with E-state index in [0.29, 0.717) is 12.3 Å². The van der Waals surface area contributed by atoms with Crippen LogP contribution in [0.15, 0.2) is 24.5 Å². The van der Waals surface area contributed by atoms with Gasteiger partial charge in [-0.2, -0.15) is 0 Å². The van der Waals surface area contributed by atoms with E-state index in [0.717, 1.165) is 29.9 Å². The van der Waals surface area contributed by atoms with Crippen LogP contribution in [0.25, 0.3) is 5.65 Å². The Balaban J connectivity index is 0.00000288. The van der Waals surface area contributed by atoms with Crippen LogP contribution < -0.4 is 11.1 Å². The Kier molecular flexibility index (Phi) is 10.5. The first-order chi connectivity index (χ1) is 11.0. The van der Waals surface area contributed by atoms with E-state index in [1.165, 1.54) is 5.56 Å². The first-order valence-corrected chi connectivity index (χ1v) is 9.20. The van der Waals surface area contributed by atoms with Crippen molar-refractivity contribution in [3.05, 3.63) is 35.8 Å². The average Bonchev–Trinajstić information content (AvgIpc) is 2.94. The topological polar surface area (TPSA) is 72.4 Å². The van der Waals surface area contributed by atoms with E-state index in [-0.39, 0.29) is 36.3 Å². The molecular formula is C17H28Cl2N4OS. The Bertz CT molecular complexity index is 665. The van der Waals surface area contributed by atoms with Gasteiger partial charge in [0.05, 0.1) is 17.0 Å². The standard InChI is InChI=1S/C17H26N4OS.2ClH/c1-4-17(5-2,12-18)20-16(22)11-23-10-14-9-21-8-13(3)6-7-15(21)19-14;;/h6-9H,4-5,10-12,18H2,1-3H3,(H,20,22);2*1H. The van der Waals surface area contributed by atoms with Gasteiger partial charge < -0.3 is 15.5 Å². The third-order valence-corrected chi connectivity index (χ3v) is 5.25. The Labute approximate surface area is 166 Å². The Morgan fingerprint density at radius 2 is 1.96 bits per heavy atom. The van der Waals surface area contributed by atoms with Gasteiger partial charge in [-0.3, -0.25) is 4.79 Å². The summed E-state index contributed by atoms with van der Waals surface area (Å²) in [4.78, 5) is 16.7. The molecule has 1 amide bonds. The monoisotopic (exact) mass is 406 g/mol. The average molecular weight is 407 g/mol. The quantitative estimate of drug-likeness (QED) is 0.704. The molecule has 0 saturated heterocycles. The fourth-order valence-electron chi connectivity index (χ4n) is 2.57. The molecule has 142 valence electrons. The molecule has 8 heteroatoms. The number of nitrogens with two attached hydrogens (primary N) is 1. The Hall–Kier alpha value is -0.950. The van der Waals surface area contributed by atoms with E-state index >= 15 is 0 Å². The van der Waals surface area contributed by atoms with E-state index in [2.05, 4.69) is 43.3 Å². The molecule has 0 bridgehead atoms. The molecule has 0 fully saturated rings. The van der Waals surface area contributed by atoms with Crippen molar-refractivity contribution in [1.29, 1.82) is 0 Å². The molecule has 3 N–H and O–H groups in total. The second kappa shape index (κ2) is 10.9. The number of hydrogen-bond acceptors (Lipinski definition) is 4. The van der Waals surface area contributed by atoms with Crippen molar-refractivity contribution in [2.75, 3.05) is 12.3 Å². The molecule has 5 nitrogen and oxygen atoms in total. The minimum atomic E-state index is -0.266. The number of carbonyl (C=O) groups is 1. The van der Waals surface area contributed by atoms with Crippen LogP contribution in [0.2, 0.25) is 0 Å². The van der Waals surface area contributed by atoms with E-state index in [1.807, 2.05) is 16.7 Å². The molecule has 2 aromatic heterocycles. The van der Waals surface area contributed by atoms with Gasteiger partial charge in [0.15, 0.2) is 0 Å². The summed E-state index contributed by atoms with van der Waals surface area (Å²) >= 11 is 1.58. The van der Waals surface area contributed by atoms with Crippen LogP contribution in [-0.4, -0.2) is 33.1 Å². The summed E-state index contributed by atoms with van der Waals surface area (Å²) in [6.45, 7) is 6.65. The van der Waals surface area contributed by atoms with Crippen molar-refractivity contribution >= 4 is 48.1 Å². The molecular weight excluding hydrogens is 379 g/mol. The zero-order chi connectivity index (χ0) is 16.9. The number of rotatable bonds is 8. The van der Waals surface area contributed by atoms with Gasteiger partial charge in [0.25, 0.3) is 0 Å². The van der Waals surface area contributed by atoms with Crippen LogP contribution in [0.4, 0.5) is 0 Å². The number of carbonyl (C=O) groups excluding carboxylic acids is 1. The molecule has 2 heterocycles. The highest BCUT2D eigenvalue weighted by atomic mass is 35.5. The lowest BCUT2D eigenvalue weighted by atomic mass is 9.93. The molecule has 0 radical (unpaired) electrons. The van der Waals surface area contributed by atoms with Gasteiger partial charge in [-0.15, -0.1) is 36.6 Å². The number of amides is 1. The number of thioether (sulfide) groups is 1. The lowest BCUT2D eigenvalue weighted by molar-refractivity contribution is -0.120. The summed E-state index contributed by atoms with van der Waals surface area (Å²) < 4.78 is 2.03. The van der Waals surface area contributed by atoms with Crippen LogP contribution in [0.1, 0.15) is 37.9 Å². The number of nitrogens with one attached hydrogen (secondary N) is 1. The lowest BCUT2D eigenvalue weighted by Crippen LogP contribution is -2.53. The molecule has 25 heavy (non-hydrogen) atoms. The van der Waals surface area contributed by atoms with Gasteiger partial charge in [0.1, 0.15) is 5.65 Å². The summed E-state index contributed by atoms with van der Waals surface area (Å²) in [5.74, 6) is 1.19. The Morgan fingerprint density at radius 1 is 1.28 bits per heavy atom. The second-order valence-corrected chi connectivity index (χ2v) is 6.92. The molecule has 0 spiro atoms. The lowest BCUT2D eigenvalue weighted by Gasteiger charge is -2.31. The van der Waals surface area contributed by atoms with Gasteiger partial charge in [-0.1, -0.05) is 19.9 Å². The Morgan fingerprint density at radius 3 is 2.56 bits per heavy atom. The first kappa shape index (κ1) is 24.1. The number of fused-ring (bicyclic) bond motifs is 1. The molecule has 0 unspecified atom stereocenters. The molecule has 2 aromatic rings. The van der Waals surface area contributed by atoms with Crippen molar-refractivity contribution in [3.63, 3.8) is 0 Å². The van der Waals surface area contributed by atoms with Gasteiger partial charge >= 0.3 is 0 Å². The van der Waals surface area contributed by atoms with Crippen molar-refractivity contribution in [2.45, 2.75) is 44.9 Å². The van der Waals surface area contributed by atoms with Crippen molar-refractivity contribution in [3.8, 4) is 0 Å². The van der Waals surface area contributed by atoms with Gasteiger partial charge in [-0.25, -0.2) is 4.98 Å². The van der Waals surface area contributed by atoms with Gasteiger partial charge in [0, 0.05) is 24.7 Å². The van der Waals surface area contributed by atoms with Crippen LogP contribution in [-0.2, 0) is 10.5 Å².